The van der Waals surface area contributed by atoms with Crippen molar-refractivity contribution in [1.29, 1.82) is 0 Å². The highest BCUT2D eigenvalue weighted by atomic mass is 16.3. The standard InChI is InChI=1S/C13H20N4O/c18-7-6-17-8-11(10-2-3-10)12(9-17)16-13-14-4-1-5-15-13/h1,4-5,10-12,18H,2-3,6-9H2,(H,14,15,16)/t11-,12+/m1/s1. The summed E-state index contributed by atoms with van der Waals surface area (Å²) in [7, 11) is 0. The first kappa shape index (κ1) is 11.9. The fraction of sp³-hybridized carbons (Fsp3) is 0.692. The number of β-amino-alcohol motifs (C(OH)–C–C–N with tert-alkyl or cyclic N) is 1. The number of hydrogen-bond acceptors (Lipinski definition) is 5. The molecule has 1 saturated heterocycles. The van der Waals surface area contributed by atoms with Crippen LogP contribution < -0.4 is 5.32 Å². The zero-order valence-electron chi connectivity index (χ0n) is 10.5. The minimum atomic E-state index is 0.242. The van der Waals surface area contributed by atoms with E-state index in [9.17, 15) is 0 Å². The van der Waals surface area contributed by atoms with Crippen molar-refractivity contribution in [2.45, 2.75) is 18.9 Å². The highest BCUT2D eigenvalue weighted by Crippen LogP contribution is 2.41. The minimum absolute atomic E-state index is 0.242. The van der Waals surface area contributed by atoms with Crippen molar-refractivity contribution in [1.82, 2.24) is 14.9 Å². The number of aromatic nitrogens is 2. The first-order chi connectivity index (χ1) is 8.86. The summed E-state index contributed by atoms with van der Waals surface area (Å²) in [6.45, 7) is 3.10. The molecule has 5 nitrogen and oxygen atoms in total. The molecule has 3 rings (SSSR count). The van der Waals surface area contributed by atoms with Crippen LogP contribution in [0.15, 0.2) is 18.5 Å². The van der Waals surface area contributed by atoms with E-state index < -0.39 is 0 Å². The summed E-state index contributed by atoms with van der Waals surface area (Å²) < 4.78 is 0. The van der Waals surface area contributed by atoms with Gasteiger partial charge in [0.15, 0.2) is 0 Å². The van der Waals surface area contributed by atoms with Gasteiger partial charge >= 0.3 is 0 Å². The Balaban J connectivity index is 1.65. The molecule has 1 saturated carbocycles. The summed E-state index contributed by atoms with van der Waals surface area (Å²) in [6, 6.07) is 2.25. The largest absolute Gasteiger partial charge is 0.395 e. The Labute approximate surface area is 107 Å². The molecule has 2 atom stereocenters. The lowest BCUT2D eigenvalue weighted by Gasteiger charge is -2.19. The number of nitrogens with one attached hydrogen (secondary N) is 1. The number of aliphatic hydroxyl groups excluding tert-OH is 1. The van der Waals surface area contributed by atoms with Crippen LogP contribution in [0.5, 0.6) is 0 Å². The number of rotatable bonds is 5. The second-order valence-corrected chi connectivity index (χ2v) is 5.31. The predicted octanol–water partition coefficient (Wildman–Crippen LogP) is 0.591. The van der Waals surface area contributed by atoms with Gasteiger partial charge in [0.2, 0.25) is 5.95 Å². The van der Waals surface area contributed by atoms with Crippen molar-refractivity contribution in [3.63, 3.8) is 0 Å². The van der Waals surface area contributed by atoms with Gasteiger partial charge in [-0.15, -0.1) is 0 Å². The summed E-state index contributed by atoms with van der Waals surface area (Å²) in [5, 5.41) is 12.5. The Kier molecular flexibility index (Phi) is 3.43. The van der Waals surface area contributed by atoms with Crippen molar-refractivity contribution < 1.29 is 5.11 Å². The van der Waals surface area contributed by atoms with Crippen LogP contribution in [0.3, 0.4) is 0 Å². The average Bonchev–Trinajstić information content (AvgIpc) is 3.15. The van der Waals surface area contributed by atoms with Crippen LogP contribution in [0.1, 0.15) is 12.8 Å². The molecule has 0 amide bonds. The molecule has 0 spiro atoms. The van der Waals surface area contributed by atoms with E-state index >= 15 is 0 Å². The summed E-state index contributed by atoms with van der Waals surface area (Å²) in [6.07, 6.45) is 6.24. The summed E-state index contributed by atoms with van der Waals surface area (Å²) in [5.41, 5.74) is 0. The molecular formula is C13H20N4O. The van der Waals surface area contributed by atoms with Crippen molar-refractivity contribution in [3.05, 3.63) is 18.5 Å². The van der Waals surface area contributed by atoms with Gasteiger partial charge in [0, 0.05) is 38.1 Å². The Bertz CT molecular complexity index is 382. The maximum absolute atomic E-state index is 9.06. The molecule has 5 heteroatoms. The first-order valence-corrected chi connectivity index (χ1v) is 6.73. The lowest BCUT2D eigenvalue weighted by Crippen LogP contribution is -2.31. The number of anilines is 1. The van der Waals surface area contributed by atoms with Crippen LogP contribution in [0.2, 0.25) is 0 Å². The number of aliphatic hydroxyl groups is 1. The van der Waals surface area contributed by atoms with Crippen molar-refractivity contribution in [2.75, 3.05) is 31.6 Å². The maximum atomic E-state index is 9.06. The van der Waals surface area contributed by atoms with E-state index in [4.69, 9.17) is 5.11 Å². The van der Waals surface area contributed by atoms with Gasteiger partial charge in [-0.05, 0) is 30.7 Å². The highest BCUT2D eigenvalue weighted by Gasteiger charge is 2.42. The van der Waals surface area contributed by atoms with E-state index in [0.717, 1.165) is 31.5 Å². The van der Waals surface area contributed by atoms with E-state index in [1.165, 1.54) is 12.8 Å². The van der Waals surface area contributed by atoms with Crippen molar-refractivity contribution in [3.8, 4) is 0 Å². The molecule has 1 aromatic rings. The van der Waals surface area contributed by atoms with E-state index in [0.29, 0.717) is 12.0 Å². The maximum Gasteiger partial charge on any atom is 0.222 e. The molecule has 2 heterocycles. The molecule has 18 heavy (non-hydrogen) atoms. The molecule has 1 aromatic heterocycles. The van der Waals surface area contributed by atoms with E-state index in [2.05, 4.69) is 20.2 Å². The normalized spacial score (nSPS) is 28.5. The van der Waals surface area contributed by atoms with Gasteiger partial charge in [0.1, 0.15) is 0 Å². The van der Waals surface area contributed by atoms with Gasteiger partial charge in [-0.3, -0.25) is 4.90 Å². The Morgan fingerprint density at radius 1 is 1.28 bits per heavy atom. The van der Waals surface area contributed by atoms with Gasteiger partial charge in [0.25, 0.3) is 0 Å². The summed E-state index contributed by atoms with van der Waals surface area (Å²) in [4.78, 5) is 10.8. The Hall–Kier alpha value is -1.20. The van der Waals surface area contributed by atoms with Crippen LogP contribution in [-0.4, -0.2) is 52.3 Å². The third-order valence-electron chi connectivity index (χ3n) is 3.96. The average molecular weight is 248 g/mol. The van der Waals surface area contributed by atoms with Gasteiger partial charge in [-0.1, -0.05) is 0 Å². The molecular weight excluding hydrogens is 228 g/mol. The molecule has 2 fully saturated rings. The van der Waals surface area contributed by atoms with E-state index in [-0.39, 0.29) is 6.61 Å². The van der Waals surface area contributed by atoms with E-state index in [1.807, 2.05) is 6.07 Å². The second kappa shape index (κ2) is 5.20. The molecule has 2 aliphatic rings. The molecule has 0 aromatic carbocycles. The first-order valence-electron chi connectivity index (χ1n) is 6.73. The summed E-state index contributed by atoms with van der Waals surface area (Å²) in [5.74, 6) is 2.26. The van der Waals surface area contributed by atoms with Crippen LogP contribution >= 0.6 is 0 Å². The van der Waals surface area contributed by atoms with Gasteiger partial charge in [0.05, 0.1) is 6.61 Å². The SMILES string of the molecule is OCCN1C[C@H](Nc2ncccn2)[C@@H](C2CC2)C1. The van der Waals surface area contributed by atoms with Crippen LogP contribution in [0, 0.1) is 11.8 Å². The fourth-order valence-electron chi connectivity index (χ4n) is 2.93. The monoisotopic (exact) mass is 248 g/mol. The zero-order valence-corrected chi connectivity index (χ0v) is 10.5. The van der Waals surface area contributed by atoms with Crippen molar-refractivity contribution in [2.24, 2.45) is 11.8 Å². The molecule has 1 aliphatic heterocycles. The van der Waals surface area contributed by atoms with Gasteiger partial charge < -0.3 is 10.4 Å². The lowest BCUT2D eigenvalue weighted by molar-refractivity contribution is 0.215. The zero-order chi connectivity index (χ0) is 12.4. The number of hydrogen-bond donors (Lipinski definition) is 2. The van der Waals surface area contributed by atoms with Crippen LogP contribution in [-0.2, 0) is 0 Å². The molecule has 0 bridgehead atoms. The number of nitrogens with zero attached hydrogens (tertiary/aromatic N) is 3. The predicted molar refractivity (Wildman–Crippen MR) is 69.2 cm³/mol. The quantitative estimate of drug-likeness (QED) is 0.798. The molecule has 0 radical (unpaired) electrons. The van der Waals surface area contributed by atoms with Crippen molar-refractivity contribution >= 4 is 5.95 Å². The Morgan fingerprint density at radius 3 is 2.72 bits per heavy atom. The molecule has 1 aliphatic carbocycles. The Morgan fingerprint density at radius 2 is 2.06 bits per heavy atom. The van der Waals surface area contributed by atoms with E-state index in [1.54, 1.807) is 12.4 Å². The third kappa shape index (κ3) is 2.62. The second-order valence-electron chi connectivity index (χ2n) is 5.31. The molecule has 2 N–H and O–H groups in total. The fourth-order valence-corrected chi connectivity index (χ4v) is 2.93. The van der Waals surface area contributed by atoms with Gasteiger partial charge in [-0.25, -0.2) is 9.97 Å². The molecule has 98 valence electrons. The van der Waals surface area contributed by atoms with Crippen LogP contribution in [0.4, 0.5) is 5.95 Å². The third-order valence-corrected chi connectivity index (χ3v) is 3.96. The highest BCUT2D eigenvalue weighted by molar-refractivity contribution is 5.26. The minimum Gasteiger partial charge on any atom is -0.395 e. The molecule has 0 unspecified atom stereocenters. The van der Waals surface area contributed by atoms with Gasteiger partial charge in [-0.2, -0.15) is 0 Å². The smallest absolute Gasteiger partial charge is 0.222 e. The lowest BCUT2D eigenvalue weighted by atomic mass is 9.98. The summed E-state index contributed by atoms with van der Waals surface area (Å²) >= 11 is 0. The number of likely N-dealkylation sites (tertiary alicyclic amines) is 1. The topological polar surface area (TPSA) is 61.3 Å². The van der Waals surface area contributed by atoms with Crippen LogP contribution in [0.25, 0.3) is 0 Å².